The predicted octanol–water partition coefficient (Wildman–Crippen LogP) is 12.5. The summed E-state index contributed by atoms with van der Waals surface area (Å²) in [5, 5.41) is 19.0. The molecule has 1 fully saturated rings. The van der Waals surface area contributed by atoms with Gasteiger partial charge in [-0.15, -0.1) is 11.3 Å². The van der Waals surface area contributed by atoms with Gasteiger partial charge in [-0.25, -0.2) is 23.3 Å². The van der Waals surface area contributed by atoms with Crippen molar-refractivity contribution in [1.29, 1.82) is 0 Å². The summed E-state index contributed by atoms with van der Waals surface area (Å²) in [6.45, 7) is 36.5. The smallest absolute Gasteiger partial charge is 0.315 e. The van der Waals surface area contributed by atoms with Crippen molar-refractivity contribution in [2.75, 3.05) is 72.6 Å². The normalized spacial score (nSPS) is 16.4. The summed E-state index contributed by atoms with van der Waals surface area (Å²) in [5.41, 5.74) is 3.34. The van der Waals surface area contributed by atoms with Crippen LogP contribution in [-0.4, -0.2) is 144 Å². The van der Waals surface area contributed by atoms with Gasteiger partial charge in [0.25, 0.3) is 5.97 Å². The van der Waals surface area contributed by atoms with E-state index in [0.29, 0.717) is 31.8 Å². The van der Waals surface area contributed by atoms with Crippen LogP contribution in [0.25, 0.3) is 0 Å². The van der Waals surface area contributed by atoms with Gasteiger partial charge in [-0.05, 0) is 112 Å². The van der Waals surface area contributed by atoms with Crippen LogP contribution in [0.5, 0.6) is 0 Å². The first-order valence-electron chi connectivity index (χ1n) is 27.2. The lowest BCUT2D eigenvalue weighted by Gasteiger charge is -2.34. The Balaban J connectivity index is -0.000000932. The third-order valence-electron chi connectivity index (χ3n) is 12.3. The van der Waals surface area contributed by atoms with Crippen molar-refractivity contribution in [2.24, 2.45) is 16.3 Å². The molecule has 0 saturated carbocycles. The number of carboxylic acids is 1. The maximum absolute atomic E-state index is 11.7. The average Bonchev–Trinajstić information content (AvgIpc) is 3.93. The number of nitrogens with zero attached hydrogens (tertiary/aromatic N) is 5. The number of hydrogen-bond donors (Lipinski definition) is 4. The number of carboxylic acid groups (broad SMARTS) is 1. The maximum Gasteiger partial charge on any atom is 0.315 e. The number of aliphatic imine (C=N–C) groups is 1. The zero-order valence-corrected chi connectivity index (χ0v) is 52.0. The maximum atomic E-state index is 11.7. The molecule has 4 N–H and O–H groups in total. The number of aldehydes is 1. The Morgan fingerprint density at radius 3 is 2.12 bits per heavy atom. The highest BCUT2D eigenvalue weighted by Crippen LogP contribution is 2.28. The number of urea groups is 1. The van der Waals surface area contributed by atoms with Gasteiger partial charge < -0.3 is 45.1 Å². The van der Waals surface area contributed by atoms with Gasteiger partial charge in [-0.1, -0.05) is 107 Å². The van der Waals surface area contributed by atoms with Gasteiger partial charge in [0.15, 0.2) is 5.13 Å². The van der Waals surface area contributed by atoms with Crippen LogP contribution in [0.1, 0.15) is 181 Å². The minimum atomic E-state index is -1.07. The summed E-state index contributed by atoms with van der Waals surface area (Å²) in [6, 6.07) is 1.38. The number of rotatable bonds is 24. The number of methoxy groups -OCH3 is 2. The fourth-order valence-corrected chi connectivity index (χ4v) is 8.88. The number of aliphatic carboxylic acids is 1. The van der Waals surface area contributed by atoms with Gasteiger partial charge in [0.1, 0.15) is 12.0 Å². The Labute approximate surface area is 458 Å². The van der Waals surface area contributed by atoms with Crippen LogP contribution in [0.2, 0.25) is 0 Å². The van der Waals surface area contributed by atoms with Crippen molar-refractivity contribution in [3.8, 4) is 0 Å². The summed E-state index contributed by atoms with van der Waals surface area (Å²) >= 11 is 1.59. The largest absolute Gasteiger partial charge is 0.501 e. The molecular weight excluding hydrogens is 973 g/mol. The fraction of sp³-hybridized carbons (Fsp3) is 0.737. The van der Waals surface area contributed by atoms with Crippen LogP contribution < -0.4 is 16.0 Å². The van der Waals surface area contributed by atoms with Gasteiger partial charge in [0.05, 0.1) is 54.6 Å². The standard InChI is InChI=1S/C20H27N3O2S.C14H31N.C13H27N3O3S.C6H13N.C2H4O2.C2H6/c1-7-8-15-17(11-14(4)24-5)22-16(9-10-19(15)25-6)18-12-26-20(23-18)21-13(2)3;1-6-8-9-10-11-12-13(3)14(4)15(5)7-2;1-6-8-16(20(5)19)10-11(13(2,3)4)15-12(18)14-7-9-17;1-6-4-3-5-7(6)2;1-2(3)4;1-2/h7-8,10-13H,9H2,1-6H3,(H,21,23);13-14H,6-12H2,1-5H3;9,11H,6-8,10H2,1-5H3,(H2,14,15,18);6H,3-5H2,1-2H3;1H3,(H,3,4);1-2H3/b8-7-,14-11+;;;;;/t;;11-,20?;6-;;/m..11../s1. The van der Waals surface area contributed by atoms with Crippen molar-refractivity contribution in [1.82, 2.24) is 29.7 Å². The van der Waals surface area contributed by atoms with Gasteiger partial charge in [-0.3, -0.25) is 4.79 Å². The summed E-state index contributed by atoms with van der Waals surface area (Å²) in [4.78, 5) is 45.4. The molecule has 0 aliphatic carbocycles. The molecule has 3 rings (SSSR count). The van der Waals surface area contributed by atoms with Crippen LogP contribution in [0.4, 0.5) is 9.93 Å². The molecule has 0 radical (unpaired) electrons. The highest BCUT2D eigenvalue weighted by atomic mass is 32.2. The number of carbonyl (C=O) groups is 3. The second-order valence-corrected chi connectivity index (χ2v) is 22.1. The molecule has 5 atom stereocenters. The van der Waals surface area contributed by atoms with E-state index in [2.05, 4.69) is 93.3 Å². The zero-order chi connectivity index (χ0) is 57.4. The SMILES string of the molecule is C/C=C\C1=C(/C=C(\C)OC)N=C(c2csc(NC(C)C)n2)CC=C1OC.CC.CC(=O)O.CCCCCCCC(C)C(C)N(C)CC.CCCN(C[C@@H](NC(=O)NCC=O)C(C)(C)C)S(C)=O.C[C@@H]1CCCN1C. The molecule has 2 aliphatic rings. The van der Waals surface area contributed by atoms with Crippen LogP contribution >= 0.6 is 11.3 Å². The van der Waals surface area contributed by atoms with E-state index in [1.165, 1.54) is 64.5 Å². The van der Waals surface area contributed by atoms with Gasteiger partial charge in [-0.2, -0.15) is 0 Å². The summed E-state index contributed by atoms with van der Waals surface area (Å²) < 4.78 is 24.5. The van der Waals surface area contributed by atoms with E-state index >= 15 is 0 Å². The number of likely N-dealkylation sites (tertiary alicyclic amines) is 1. The quantitative estimate of drug-likeness (QED) is 0.0440. The molecule has 2 aliphatic heterocycles. The molecule has 0 bridgehead atoms. The lowest BCUT2D eigenvalue weighted by atomic mass is 9.86. The first kappa shape index (κ1) is 74.3. The van der Waals surface area contributed by atoms with Crippen molar-refractivity contribution in [3.63, 3.8) is 0 Å². The van der Waals surface area contributed by atoms with Crippen molar-refractivity contribution in [2.45, 2.75) is 199 Å². The molecule has 74 heavy (non-hydrogen) atoms. The van der Waals surface area contributed by atoms with E-state index in [9.17, 15) is 13.8 Å². The zero-order valence-electron chi connectivity index (χ0n) is 50.4. The topological polar surface area (TPSA) is 178 Å². The average molecular weight is 1080 g/mol. The monoisotopic (exact) mass is 1080 g/mol. The van der Waals surface area contributed by atoms with E-state index in [4.69, 9.17) is 24.4 Å². The summed E-state index contributed by atoms with van der Waals surface area (Å²) in [5.74, 6) is 1.59. The molecule has 15 nitrogen and oxygen atoms in total. The van der Waals surface area contributed by atoms with Crippen LogP contribution in [0.3, 0.4) is 0 Å². The van der Waals surface area contributed by atoms with Gasteiger partial charge in [0, 0.05) is 73.9 Å². The molecular formula is C57H108N8O7S2. The number of thiazole rings is 1. The number of amides is 2. The Hall–Kier alpha value is -3.90. The van der Waals surface area contributed by atoms with Crippen LogP contribution in [-0.2, 0) is 30.0 Å². The fourth-order valence-electron chi connectivity index (χ4n) is 7.21. The Bertz CT molecular complexity index is 1830. The van der Waals surface area contributed by atoms with Gasteiger partial charge in [0.2, 0.25) is 0 Å². The number of ether oxygens (including phenoxy) is 2. The van der Waals surface area contributed by atoms with E-state index in [-0.39, 0.29) is 24.0 Å². The molecule has 1 aromatic heterocycles. The molecule has 17 heteroatoms. The molecule has 0 spiro atoms. The van der Waals surface area contributed by atoms with Crippen molar-refractivity contribution in [3.05, 3.63) is 58.2 Å². The second-order valence-electron chi connectivity index (χ2n) is 19.9. The van der Waals surface area contributed by atoms with Crippen molar-refractivity contribution >= 4 is 51.5 Å². The minimum Gasteiger partial charge on any atom is -0.501 e. The highest BCUT2D eigenvalue weighted by molar-refractivity contribution is 7.81. The number of carbonyl (C=O) groups excluding carboxylic acids is 2. The lowest BCUT2D eigenvalue weighted by Crippen LogP contribution is -2.53. The number of aromatic nitrogens is 1. The molecule has 1 aromatic rings. The van der Waals surface area contributed by atoms with Gasteiger partial charge >= 0.3 is 6.03 Å². The number of nitrogens with one attached hydrogen (secondary N) is 3. The molecule has 430 valence electrons. The molecule has 2 amide bonds. The second kappa shape index (κ2) is 44.2. The van der Waals surface area contributed by atoms with E-state index in [1.807, 2.05) is 89.4 Å². The molecule has 0 aromatic carbocycles. The van der Waals surface area contributed by atoms with Crippen molar-refractivity contribution < 1.29 is 33.2 Å². The first-order valence-corrected chi connectivity index (χ1v) is 29.6. The molecule has 3 unspecified atom stereocenters. The van der Waals surface area contributed by atoms with E-state index < -0.39 is 17.0 Å². The first-order chi connectivity index (χ1) is 34.9. The third kappa shape index (κ3) is 35.4. The molecule has 1 saturated heterocycles. The Morgan fingerprint density at radius 1 is 1.05 bits per heavy atom. The summed E-state index contributed by atoms with van der Waals surface area (Å²) in [7, 11) is 6.69. The Morgan fingerprint density at radius 2 is 1.68 bits per heavy atom. The minimum absolute atomic E-state index is 0.0128. The van der Waals surface area contributed by atoms with E-state index in [0.717, 1.165) is 70.7 Å². The number of unbranched alkanes of at least 4 members (excludes halogenated alkanes) is 4. The predicted molar refractivity (Wildman–Crippen MR) is 318 cm³/mol. The number of allylic oxidation sites excluding steroid dienone is 5. The lowest BCUT2D eigenvalue weighted by molar-refractivity contribution is -0.134. The third-order valence-corrected chi connectivity index (χ3v) is 14.1. The van der Waals surface area contributed by atoms with E-state index in [1.54, 1.807) is 31.8 Å². The number of hydrogen-bond acceptors (Lipinski definition) is 12. The highest BCUT2D eigenvalue weighted by Gasteiger charge is 2.29. The molecule has 3 heterocycles. The van der Waals surface area contributed by atoms with Crippen LogP contribution in [0, 0.1) is 11.3 Å². The summed E-state index contributed by atoms with van der Waals surface area (Å²) in [6.07, 6.45) is 23.0. The van der Waals surface area contributed by atoms with Crippen LogP contribution in [0.15, 0.2) is 57.5 Å². The number of anilines is 1. The Kier molecular flexibility index (Phi) is 44.5.